The van der Waals surface area contributed by atoms with E-state index in [2.05, 4.69) is 34.3 Å². The van der Waals surface area contributed by atoms with Crippen LogP contribution in [-0.4, -0.2) is 47.3 Å². The zero-order valence-electron chi connectivity index (χ0n) is 12.2. The summed E-state index contributed by atoms with van der Waals surface area (Å²) in [6.45, 7) is 2.52. The van der Waals surface area contributed by atoms with Crippen molar-refractivity contribution in [3.8, 4) is 0 Å². The number of hydrogen-bond acceptors (Lipinski definition) is 5. The maximum Gasteiger partial charge on any atom is 0.156 e. The van der Waals surface area contributed by atoms with Gasteiger partial charge in [-0.05, 0) is 33.9 Å². The van der Waals surface area contributed by atoms with Gasteiger partial charge in [0.1, 0.15) is 16.8 Å². The summed E-state index contributed by atoms with van der Waals surface area (Å²) in [6, 6.07) is 0. The molecule has 20 heavy (non-hydrogen) atoms. The molecule has 1 aromatic rings. The molecule has 5 nitrogen and oxygen atoms in total. The molecule has 0 aromatic carbocycles. The van der Waals surface area contributed by atoms with Gasteiger partial charge in [-0.2, -0.15) is 0 Å². The average molecular weight is 297 g/mol. The molecule has 1 fully saturated rings. The minimum atomic E-state index is 0.130. The number of aromatic nitrogens is 2. The SMILES string of the molecule is Cc1nc(Cl)c(C=O)c(NCC2(N(C)C)CCCC2)n1. The lowest BCUT2D eigenvalue weighted by Gasteiger charge is -2.36. The molecule has 0 radical (unpaired) electrons. The molecular weight excluding hydrogens is 276 g/mol. The first-order chi connectivity index (χ1) is 9.48. The summed E-state index contributed by atoms with van der Waals surface area (Å²) in [7, 11) is 4.21. The molecule has 6 heteroatoms. The maximum atomic E-state index is 11.2. The molecule has 0 bridgehead atoms. The van der Waals surface area contributed by atoms with Gasteiger partial charge in [-0.1, -0.05) is 24.4 Å². The quantitative estimate of drug-likeness (QED) is 0.668. The highest BCUT2D eigenvalue weighted by molar-refractivity contribution is 6.32. The Morgan fingerprint density at radius 3 is 2.55 bits per heavy atom. The number of aryl methyl sites for hydroxylation is 1. The highest BCUT2D eigenvalue weighted by Crippen LogP contribution is 2.34. The lowest BCUT2D eigenvalue weighted by atomic mass is 9.96. The fourth-order valence-corrected chi connectivity index (χ4v) is 3.11. The Balaban J connectivity index is 2.20. The molecular formula is C14H21ClN4O. The minimum Gasteiger partial charge on any atom is -0.367 e. The molecule has 1 heterocycles. The third-order valence-electron chi connectivity index (χ3n) is 4.20. The summed E-state index contributed by atoms with van der Waals surface area (Å²) in [5.74, 6) is 1.10. The standard InChI is InChI=1S/C14H21ClN4O/c1-10-17-12(15)11(8-20)13(18-10)16-9-14(19(2)3)6-4-5-7-14/h8H,4-7,9H2,1-3H3,(H,16,17,18). The van der Waals surface area contributed by atoms with Crippen LogP contribution in [0.2, 0.25) is 5.15 Å². The number of hydrogen-bond donors (Lipinski definition) is 1. The van der Waals surface area contributed by atoms with Gasteiger partial charge in [0.05, 0.1) is 5.56 Å². The fraction of sp³-hybridized carbons (Fsp3) is 0.643. The van der Waals surface area contributed by atoms with E-state index in [1.807, 2.05) is 0 Å². The molecule has 1 aliphatic rings. The Bertz CT molecular complexity index is 498. The van der Waals surface area contributed by atoms with Crippen LogP contribution in [0.25, 0.3) is 0 Å². The first-order valence-electron chi connectivity index (χ1n) is 6.89. The van der Waals surface area contributed by atoms with Crippen LogP contribution in [0, 0.1) is 6.92 Å². The Morgan fingerprint density at radius 2 is 2.00 bits per heavy atom. The Labute approximate surface area is 124 Å². The minimum absolute atomic E-state index is 0.130. The van der Waals surface area contributed by atoms with Crippen LogP contribution in [-0.2, 0) is 0 Å². The second kappa shape index (κ2) is 6.06. The maximum absolute atomic E-state index is 11.2. The number of nitrogens with zero attached hydrogens (tertiary/aromatic N) is 3. The average Bonchev–Trinajstić information content (AvgIpc) is 2.86. The van der Waals surface area contributed by atoms with E-state index in [0.717, 1.165) is 19.4 Å². The van der Waals surface area contributed by atoms with Crippen LogP contribution in [0.5, 0.6) is 0 Å². The molecule has 0 aliphatic heterocycles. The van der Waals surface area contributed by atoms with E-state index in [-0.39, 0.29) is 10.7 Å². The van der Waals surface area contributed by atoms with Gasteiger partial charge in [0, 0.05) is 12.1 Å². The van der Waals surface area contributed by atoms with E-state index in [1.165, 1.54) is 12.8 Å². The van der Waals surface area contributed by atoms with Gasteiger partial charge in [0.25, 0.3) is 0 Å². The molecule has 1 aromatic heterocycles. The van der Waals surface area contributed by atoms with Crippen molar-refractivity contribution in [1.82, 2.24) is 14.9 Å². The third-order valence-corrected chi connectivity index (χ3v) is 4.48. The number of likely N-dealkylation sites (N-methyl/N-ethyl adjacent to an activating group) is 1. The third kappa shape index (κ3) is 2.94. The molecule has 2 rings (SSSR count). The van der Waals surface area contributed by atoms with Crippen LogP contribution in [0.1, 0.15) is 41.9 Å². The van der Waals surface area contributed by atoms with Crippen LogP contribution in [0.4, 0.5) is 5.82 Å². The van der Waals surface area contributed by atoms with E-state index in [9.17, 15) is 4.79 Å². The lowest BCUT2D eigenvalue weighted by molar-refractivity contribution is 0.112. The zero-order chi connectivity index (χ0) is 14.8. The van der Waals surface area contributed by atoms with E-state index in [0.29, 0.717) is 23.5 Å². The summed E-state index contributed by atoms with van der Waals surface area (Å²) in [4.78, 5) is 21.7. The second-order valence-corrected chi connectivity index (χ2v) is 5.98. The molecule has 0 saturated heterocycles. The number of carbonyl (C=O) groups is 1. The number of nitrogens with one attached hydrogen (secondary N) is 1. The largest absolute Gasteiger partial charge is 0.367 e. The number of halogens is 1. The number of aldehydes is 1. The van der Waals surface area contributed by atoms with E-state index >= 15 is 0 Å². The first kappa shape index (κ1) is 15.2. The summed E-state index contributed by atoms with van der Waals surface area (Å²) in [6.07, 6.45) is 5.50. The lowest BCUT2D eigenvalue weighted by Crippen LogP contribution is -2.47. The summed E-state index contributed by atoms with van der Waals surface area (Å²) in [5.41, 5.74) is 0.468. The van der Waals surface area contributed by atoms with Crippen molar-refractivity contribution < 1.29 is 4.79 Å². The number of rotatable bonds is 5. The van der Waals surface area contributed by atoms with E-state index in [4.69, 9.17) is 11.6 Å². The smallest absolute Gasteiger partial charge is 0.156 e. The van der Waals surface area contributed by atoms with Gasteiger partial charge in [0.15, 0.2) is 6.29 Å². The van der Waals surface area contributed by atoms with Crippen LogP contribution in [0.15, 0.2) is 0 Å². The molecule has 1 saturated carbocycles. The van der Waals surface area contributed by atoms with Gasteiger partial charge in [-0.15, -0.1) is 0 Å². The predicted octanol–water partition coefficient (Wildman–Crippen LogP) is 2.54. The van der Waals surface area contributed by atoms with Crippen molar-refractivity contribution >= 4 is 23.7 Å². The molecule has 0 spiro atoms. The van der Waals surface area contributed by atoms with E-state index < -0.39 is 0 Å². The van der Waals surface area contributed by atoms with E-state index in [1.54, 1.807) is 6.92 Å². The normalized spacial score (nSPS) is 17.4. The number of anilines is 1. The van der Waals surface area contributed by atoms with Crippen molar-refractivity contribution in [3.63, 3.8) is 0 Å². The van der Waals surface area contributed by atoms with Crippen molar-refractivity contribution in [2.24, 2.45) is 0 Å². The van der Waals surface area contributed by atoms with Gasteiger partial charge in [-0.25, -0.2) is 9.97 Å². The zero-order valence-corrected chi connectivity index (χ0v) is 13.0. The molecule has 0 atom stereocenters. The molecule has 0 unspecified atom stereocenters. The molecule has 0 amide bonds. The number of carbonyl (C=O) groups excluding carboxylic acids is 1. The highest BCUT2D eigenvalue weighted by Gasteiger charge is 2.36. The molecule has 1 aliphatic carbocycles. The van der Waals surface area contributed by atoms with Crippen LogP contribution in [0.3, 0.4) is 0 Å². The van der Waals surface area contributed by atoms with Crippen molar-refractivity contribution in [1.29, 1.82) is 0 Å². The highest BCUT2D eigenvalue weighted by atomic mass is 35.5. The summed E-state index contributed by atoms with van der Waals surface area (Å²) >= 11 is 5.99. The van der Waals surface area contributed by atoms with Crippen molar-refractivity contribution in [2.75, 3.05) is 26.0 Å². The predicted molar refractivity (Wildman–Crippen MR) is 80.5 cm³/mol. The summed E-state index contributed by atoms with van der Waals surface area (Å²) in [5, 5.41) is 3.51. The van der Waals surface area contributed by atoms with Gasteiger partial charge in [-0.3, -0.25) is 4.79 Å². The fourth-order valence-electron chi connectivity index (χ4n) is 2.85. The van der Waals surface area contributed by atoms with Crippen LogP contribution < -0.4 is 5.32 Å². The molecule has 110 valence electrons. The van der Waals surface area contributed by atoms with Crippen molar-refractivity contribution in [3.05, 3.63) is 16.5 Å². The Morgan fingerprint density at radius 1 is 1.35 bits per heavy atom. The van der Waals surface area contributed by atoms with Gasteiger partial charge >= 0.3 is 0 Å². The first-order valence-corrected chi connectivity index (χ1v) is 7.27. The van der Waals surface area contributed by atoms with Crippen molar-refractivity contribution in [2.45, 2.75) is 38.1 Å². The van der Waals surface area contributed by atoms with Gasteiger partial charge in [0.2, 0.25) is 0 Å². The Kier molecular flexibility index (Phi) is 4.60. The summed E-state index contributed by atoms with van der Waals surface area (Å²) < 4.78 is 0. The van der Waals surface area contributed by atoms with Crippen LogP contribution >= 0.6 is 11.6 Å². The monoisotopic (exact) mass is 296 g/mol. The molecule has 1 N–H and O–H groups in total. The van der Waals surface area contributed by atoms with Gasteiger partial charge < -0.3 is 10.2 Å². The topological polar surface area (TPSA) is 58.1 Å². The Hall–Kier alpha value is -1.20. The second-order valence-electron chi connectivity index (χ2n) is 5.62.